The molecule has 7 nitrogen and oxygen atoms in total. The molecule has 4 rings (SSSR count). The van der Waals surface area contributed by atoms with E-state index in [0.29, 0.717) is 29.2 Å². The van der Waals surface area contributed by atoms with Gasteiger partial charge in [0.2, 0.25) is 0 Å². The number of rotatable bonds is 7. The number of benzene rings is 3. The number of esters is 1. The molecule has 1 saturated heterocycles. The molecule has 0 spiro atoms. The summed E-state index contributed by atoms with van der Waals surface area (Å²) >= 11 is 0. The molecule has 0 radical (unpaired) electrons. The lowest BCUT2D eigenvalue weighted by atomic mass is 9.84. The van der Waals surface area contributed by atoms with Crippen molar-refractivity contribution in [2.24, 2.45) is 0 Å². The van der Waals surface area contributed by atoms with Crippen LogP contribution >= 0.6 is 0 Å². The van der Waals surface area contributed by atoms with E-state index in [1.807, 2.05) is 65.0 Å². The smallest absolute Gasteiger partial charge is 0.338 e. The average Bonchev–Trinajstić information content (AvgIpc) is 3.18. The van der Waals surface area contributed by atoms with E-state index in [0.717, 1.165) is 11.1 Å². The van der Waals surface area contributed by atoms with Crippen molar-refractivity contribution >= 4 is 29.1 Å². The first-order valence-electron chi connectivity index (χ1n) is 13.4. The number of amides is 1. The summed E-state index contributed by atoms with van der Waals surface area (Å²) in [5, 5.41) is 11.7. The highest BCUT2D eigenvalue weighted by Gasteiger charge is 2.47. The number of hydrogen-bond donors (Lipinski definition) is 1. The van der Waals surface area contributed by atoms with Crippen LogP contribution in [0.4, 0.5) is 5.69 Å². The normalized spacial score (nSPS) is 16.8. The van der Waals surface area contributed by atoms with Crippen LogP contribution in [0.5, 0.6) is 5.75 Å². The van der Waals surface area contributed by atoms with Gasteiger partial charge in [0, 0.05) is 16.8 Å². The van der Waals surface area contributed by atoms with Crippen LogP contribution in [-0.2, 0) is 19.7 Å². The van der Waals surface area contributed by atoms with Crippen molar-refractivity contribution in [1.29, 1.82) is 0 Å². The maximum atomic E-state index is 13.6. The predicted molar refractivity (Wildman–Crippen MR) is 155 cm³/mol. The Bertz CT molecular complexity index is 1500. The fraction of sp³-hybridized carbons (Fsp3) is 0.303. The zero-order valence-electron chi connectivity index (χ0n) is 23.8. The van der Waals surface area contributed by atoms with Crippen LogP contribution in [-0.4, -0.2) is 36.0 Å². The SMILES string of the molecule is CCOC(=O)c1cccc(N2C(=O)C(=O)/C(=C(\O)c3ccc(OCC)c(C(C)(C)C)c3)C2c2cccc(C)c2)c1. The zero-order chi connectivity index (χ0) is 29.2. The number of anilines is 1. The molecule has 7 heteroatoms. The van der Waals surface area contributed by atoms with Crippen LogP contribution in [0.3, 0.4) is 0 Å². The van der Waals surface area contributed by atoms with Crippen molar-refractivity contribution in [2.75, 3.05) is 18.1 Å². The van der Waals surface area contributed by atoms with Crippen LogP contribution < -0.4 is 9.64 Å². The van der Waals surface area contributed by atoms with Crippen LogP contribution in [0.2, 0.25) is 0 Å². The van der Waals surface area contributed by atoms with E-state index in [2.05, 4.69) is 0 Å². The first-order valence-corrected chi connectivity index (χ1v) is 13.4. The predicted octanol–water partition coefficient (Wildman–Crippen LogP) is 6.49. The largest absolute Gasteiger partial charge is 0.507 e. The van der Waals surface area contributed by atoms with Gasteiger partial charge in [0.05, 0.1) is 30.4 Å². The highest BCUT2D eigenvalue weighted by molar-refractivity contribution is 6.51. The minimum absolute atomic E-state index is 0.0267. The molecule has 1 fully saturated rings. The van der Waals surface area contributed by atoms with E-state index in [4.69, 9.17) is 9.47 Å². The molecule has 0 bridgehead atoms. The second kappa shape index (κ2) is 11.4. The lowest BCUT2D eigenvalue weighted by molar-refractivity contribution is -0.132. The van der Waals surface area contributed by atoms with E-state index in [1.165, 1.54) is 11.0 Å². The minimum Gasteiger partial charge on any atom is -0.507 e. The summed E-state index contributed by atoms with van der Waals surface area (Å²) in [5.41, 5.74) is 3.12. The van der Waals surface area contributed by atoms with Gasteiger partial charge in [0.25, 0.3) is 11.7 Å². The molecule has 1 aliphatic rings. The number of ether oxygens (including phenoxy) is 2. The van der Waals surface area contributed by atoms with Gasteiger partial charge in [-0.3, -0.25) is 14.5 Å². The number of aliphatic hydroxyl groups is 1. The molecule has 0 saturated carbocycles. The highest BCUT2D eigenvalue weighted by atomic mass is 16.5. The van der Waals surface area contributed by atoms with Gasteiger partial charge in [-0.25, -0.2) is 4.79 Å². The third-order valence-electron chi connectivity index (χ3n) is 6.80. The maximum Gasteiger partial charge on any atom is 0.338 e. The summed E-state index contributed by atoms with van der Waals surface area (Å²) in [7, 11) is 0. The van der Waals surface area contributed by atoms with Crippen molar-refractivity contribution < 1.29 is 29.0 Å². The van der Waals surface area contributed by atoms with Crippen molar-refractivity contribution in [3.8, 4) is 5.75 Å². The molecule has 0 aliphatic carbocycles. The molecule has 1 unspecified atom stereocenters. The number of Topliss-reactive ketones (excluding diaryl/α,β-unsaturated/α-hetero) is 1. The first-order chi connectivity index (χ1) is 19.0. The molecule has 1 heterocycles. The van der Waals surface area contributed by atoms with E-state index in [1.54, 1.807) is 37.3 Å². The van der Waals surface area contributed by atoms with Crippen LogP contribution in [0.25, 0.3) is 5.76 Å². The number of ketones is 1. The number of carbonyl (C=O) groups is 3. The van der Waals surface area contributed by atoms with Crippen LogP contribution in [0.15, 0.2) is 72.3 Å². The summed E-state index contributed by atoms with van der Waals surface area (Å²) in [6, 6.07) is 18.2. The molecule has 1 amide bonds. The standard InChI is InChI=1S/C33H35NO6/c1-7-39-26-16-15-22(19-25(26)33(4,5)6)29(35)27-28(21-12-9-11-20(3)17-21)34(31(37)30(27)36)24-14-10-13-23(18-24)32(38)40-8-2/h9-19,28,35H,7-8H2,1-6H3/b29-27-. The molecule has 3 aromatic carbocycles. The lowest BCUT2D eigenvalue weighted by Gasteiger charge is -2.26. The van der Waals surface area contributed by atoms with Crippen molar-refractivity contribution in [2.45, 2.75) is 53.0 Å². The fourth-order valence-electron chi connectivity index (χ4n) is 4.95. The average molecular weight is 542 g/mol. The lowest BCUT2D eigenvalue weighted by Crippen LogP contribution is -2.29. The van der Waals surface area contributed by atoms with Gasteiger partial charge < -0.3 is 14.6 Å². The Morgan fingerprint density at radius 1 is 0.925 bits per heavy atom. The van der Waals surface area contributed by atoms with Gasteiger partial charge >= 0.3 is 5.97 Å². The highest BCUT2D eigenvalue weighted by Crippen LogP contribution is 2.43. The third-order valence-corrected chi connectivity index (χ3v) is 6.80. The van der Waals surface area contributed by atoms with E-state index < -0.39 is 23.7 Å². The second-order valence-electron chi connectivity index (χ2n) is 10.7. The Kier molecular flexibility index (Phi) is 8.14. The van der Waals surface area contributed by atoms with E-state index in [9.17, 15) is 19.5 Å². The van der Waals surface area contributed by atoms with Crippen molar-refractivity contribution in [1.82, 2.24) is 0 Å². The number of aliphatic hydroxyl groups excluding tert-OH is 1. The summed E-state index contributed by atoms with van der Waals surface area (Å²) < 4.78 is 11.0. The quantitative estimate of drug-likeness (QED) is 0.159. The number of hydrogen-bond acceptors (Lipinski definition) is 6. The molecule has 40 heavy (non-hydrogen) atoms. The van der Waals surface area contributed by atoms with Gasteiger partial charge in [-0.05, 0) is 68.1 Å². The Balaban J connectivity index is 1.94. The van der Waals surface area contributed by atoms with Gasteiger partial charge in [-0.15, -0.1) is 0 Å². The Morgan fingerprint density at radius 3 is 2.30 bits per heavy atom. The van der Waals surface area contributed by atoms with Crippen LogP contribution in [0, 0.1) is 6.92 Å². The number of carbonyl (C=O) groups excluding carboxylic acids is 3. The topological polar surface area (TPSA) is 93.1 Å². The molecule has 1 atom stereocenters. The minimum atomic E-state index is -0.915. The summed E-state index contributed by atoms with van der Waals surface area (Å²) in [6.07, 6.45) is 0. The van der Waals surface area contributed by atoms with E-state index >= 15 is 0 Å². The molecule has 1 aliphatic heterocycles. The summed E-state index contributed by atoms with van der Waals surface area (Å²) in [5.74, 6) is -1.72. The molecule has 0 aromatic heterocycles. The Labute approximate surface area is 235 Å². The summed E-state index contributed by atoms with van der Waals surface area (Å²) in [4.78, 5) is 41.0. The number of aryl methyl sites for hydroxylation is 1. The van der Waals surface area contributed by atoms with E-state index in [-0.39, 0.29) is 28.9 Å². The van der Waals surface area contributed by atoms with Gasteiger partial charge in [0.1, 0.15) is 11.5 Å². The Hall–Kier alpha value is -4.39. The molecule has 208 valence electrons. The van der Waals surface area contributed by atoms with Crippen molar-refractivity contribution in [3.05, 3.63) is 100 Å². The van der Waals surface area contributed by atoms with Gasteiger partial charge in [-0.2, -0.15) is 0 Å². The monoisotopic (exact) mass is 541 g/mol. The second-order valence-corrected chi connectivity index (χ2v) is 10.7. The summed E-state index contributed by atoms with van der Waals surface area (Å²) in [6.45, 7) is 12.3. The molecule has 1 N–H and O–H groups in total. The number of nitrogens with zero attached hydrogens (tertiary/aromatic N) is 1. The van der Waals surface area contributed by atoms with Crippen molar-refractivity contribution in [3.63, 3.8) is 0 Å². The van der Waals surface area contributed by atoms with Gasteiger partial charge in [-0.1, -0.05) is 56.7 Å². The molecular formula is C33H35NO6. The Morgan fingerprint density at radius 2 is 1.65 bits per heavy atom. The van der Waals surface area contributed by atoms with Crippen LogP contribution in [0.1, 0.15) is 73.3 Å². The van der Waals surface area contributed by atoms with Gasteiger partial charge in [0.15, 0.2) is 0 Å². The third kappa shape index (κ3) is 5.50. The first kappa shape index (κ1) is 28.6. The maximum absolute atomic E-state index is 13.6. The molecule has 3 aromatic rings. The molecular weight excluding hydrogens is 506 g/mol. The fourth-order valence-corrected chi connectivity index (χ4v) is 4.95. The zero-order valence-corrected chi connectivity index (χ0v) is 23.8.